The Bertz CT molecular complexity index is 1710. The van der Waals surface area contributed by atoms with Crippen molar-refractivity contribution in [3.63, 3.8) is 0 Å². The van der Waals surface area contributed by atoms with E-state index in [0.29, 0.717) is 52.6 Å². The third kappa shape index (κ3) is 4.40. The van der Waals surface area contributed by atoms with Gasteiger partial charge in [-0.2, -0.15) is 14.6 Å². The van der Waals surface area contributed by atoms with E-state index in [1.807, 2.05) is 11.9 Å². The maximum absolute atomic E-state index is 13.3. The largest absolute Gasteiger partial charge is 0.370 e. The van der Waals surface area contributed by atoms with E-state index in [1.54, 1.807) is 43.4 Å². The summed E-state index contributed by atoms with van der Waals surface area (Å²) in [4.78, 5) is 25.5. The Morgan fingerprint density at radius 3 is 2.55 bits per heavy atom. The predicted octanol–water partition coefficient (Wildman–Crippen LogP) is 3.42. The van der Waals surface area contributed by atoms with Gasteiger partial charge in [0, 0.05) is 62.5 Å². The number of fused-ring (bicyclic) bond motifs is 2. The third-order valence-electron chi connectivity index (χ3n) is 7.85. The maximum atomic E-state index is 13.3. The number of hydrogen-bond donors (Lipinski definition) is 2. The van der Waals surface area contributed by atoms with E-state index in [0.717, 1.165) is 24.4 Å². The van der Waals surface area contributed by atoms with Gasteiger partial charge in [-0.3, -0.25) is 5.32 Å². The minimum absolute atomic E-state index is 0.133. The number of carbonyl (C=O) groups is 1. The maximum Gasteiger partial charge on any atom is 0.323 e. The minimum Gasteiger partial charge on any atom is -0.370 e. The molecule has 1 aliphatic heterocycles. The Balaban J connectivity index is 1.21. The molecule has 4 heterocycles. The summed E-state index contributed by atoms with van der Waals surface area (Å²) in [7, 11) is -0.183. The molecule has 0 radical (unpaired) electrons. The monoisotopic (exact) mass is 577 g/mol. The lowest BCUT2D eigenvalue weighted by atomic mass is 10.0. The summed E-state index contributed by atoms with van der Waals surface area (Å²) < 4.78 is 32.0. The van der Waals surface area contributed by atoms with E-state index in [-0.39, 0.29) is 22.6 Å². The molecule has 1 aliphatic carbocycles. The van der Waals surface area contributed by atoms with Crippen molar-refractivity contribution in [1.29, 1.82) is 5.26 Å². The number of aromatic nitrogens is 4. The predicted molar refractivity (Wildman–Crippen MR) is 152 cm³/mol. The molecule has 1 saturated carbocycles. The number of amides is 2. The van der Waals surface area contributed by atoms with E-state index >= 15 is 0 Å². The zero-order chi connectivity index (χ0) is 28.0. The van der Waals surface area contributed by atoms with E-state index < -0.39 is 10.0 Å². The SMILES string of the molecule is CNc1nsc(NC(=O)N2C[C@H]3C[C@H](N(C)c4c(C#N)cnc5c4ccn5S(=O)(=O)c4ccccc4)C[C@H]3C2)n1. The van der Waals surface area contributed by atoms with Gasteiger partial charge in [-0.1, -0.05) is 18.2 Å². The van der Waals surface area contributed by atoms with Gasteiger partial charge in [-0.25, -0.2) is 22.2 Å². The number of benzene rings is 1. The van der Waals surface area contributed by atoms with Crippen molar-refractivity contribution in [1.82, 2.24) is 23.2 Å². The van der Waals surface area contributed by atoms with Gasteiger partial charge in [0.2, 0.25) is 11.1 Å². The van der Waals surface area contributed by atoms with E-state index in [2.05, 4.69) is 35.9 Å². The molecule has 0 bridgehead atoms. The number of carbonyl (C=O) groups excluding carboxylic acids is 1. The normalized spacial score (nSPS) is 20.3. The molecule has 3 aromatic heterocycles. The standard InChI is InChI=1S/C26H27N9O3S2/c1-28-24-30-25(39-32-24)31-26(36)34-14-16-10-19(11-17(16)15-34)33(2)22-18(12-27)13-29-23-21(22)8-9-35(23)40(37,38)20-6-4-3-5-7-20/h3-9,13,16-17,19H,10-11,14-15H2,1-2H3,(H2,28,30,31,32,36)/t16-,17+,19+. The molecule has 0 spiro atoms. The van der Waals surface area contributed by atoms with Crippen molar-refractivity contribution in [2.75, 3.05) is 42.7 Å². The topological polar surface area (TPSA) is 149 Å². The van der Waals surface area contributed by atoms with Crippen LogP contribution in [0.1, 0.15) is 18.4 Å². The fraction of sp³-hybridized carbons (Fsp3) is 0.346. The molecule has 2 amide bonds. The first-order valence-corrected chi connectivity index (χ1v) is 15.0. The number of nitrogens with one attached hydrogen (secondary N) is 2. The van der Waals surface area contributed by atoms with Crippen LogP contribution >= 0.6 is 11.5 Å². The summed E-state index contributed by atoms with van der Waals surface area (Å²) in [5, 5.41) is 16.7. The number of hydrogen-bond acceptors (Lipinski definition) is 10. The van der Waals surface area contributed by atoms with Gasteiger partial charge in [0.15, 0.2) is 5.65 Å². The first kappa shape index (κ1) is 26.0. The Morgan fingerprint density at radius 1 is 1.18 bits per heavy atom. The first-order chi connectivity index (χ1) is 19.3. The van der Waals surface area contributed by atoms with Crippen LogP contribution in [0.3, 0.4) is 0 Å². The molecule has 1 aromatic carbocycles. The second-order valence-corrected chi connectivity index (χ2v) is 12.6. The van der Waals surface area contributed by atoms with Gasteiger partial charge in [-0.05, 0) is 42.9 Å². The molecule has 40 heavy (non-hydrogen) atoms. The Morgan fingerprint density at radius 2 is 1.90 bits per heavy atom. The second-order valence-electron chi connectivity index (χ2n) is 10.1. The summed E-state index contributed by atoms with van der Waals surface area (Å²) >= 11 is 1.13. The smallest absolute Gasteiger partial charge is 0.323 e. The summed E-state index contributed by atoms with van der Waals surface area (Å²) in [6.45, 7) is 1.28. The number of rotatable bonds is 6. The molecule has 12 nitrogen and oxygen atoms in total. The Labute approximate surface area is 235 Å². The van der Waals surface area contributed by atoms with Gasteiger partial charge < -0.3 is 15.1 Å². The van der Waals surface area contributed by atoms with Crippen molar-refractivity contribution in [2.24, 2.45) is 11.8 Å². The quantitative estimate of drug-likeness (QED) is 0.351. The number of nitriles is 1. The third-order valence-corrected chi connectivity index (χ3v) is 10.2. The van der Waals surface area contributed by atoms with Crippen LogP contribution in [0.5, 0.6) is 0 Å². The molecule has 14 heteroatoms. The van der Waals surface area contributed by atoms with Crippen molar-refractivity contribution in [2.45, 2.75) is 23.8 Å². The van der Waals surface area contributed by atoms with Crippen LogP contribution < -0.4 is 15.5 Å². The Kier molecular flexibility index (Phi) is 6.55. The molecular formula is C26H27N9O3S2. The van der Waals surface area contributed by atoms with E-state index in [1.165, 1.54) is 16.4 Å². The van der Waals surface area contributed by atoms with Crippen LogP contribution in [-0.4, -0.2) is 70.9 Å². The molecule has 4 aromatic rings. The number of likely N-dealkylation sites (tertiary alicyclic amines) is 1. The van der Waals surface area contributed by atoms with Crippen LogP contribution in [-0.2, 0) is 10.0 Å². The molecule has 0 unspecified atom stereocenters. The van der Waals surface area contributed by atoms with Gasteiger partial charge in [-0.15, -0.1) is 0 Å². The lowest BCUT2D eigenvalue weighted by Crippen LogP contribution is -2.36. The molecule has 1 saturated heterocycles. The van der Waals surface area contributed by atoms with Crippen LogP contribution in [0.2, 0.25) is 0 Å². The van der Waals surface area contributed by atoms with Gasteiger partial charge in [0.25, 0.3) is 10.0 Å². The van der Waals surface area contributed by atoms with Crippen LogP contribution in [0, 0.1) is 23.2 Å². The molecule has 3 atom stereocenters. The lowest BCUT2D eigenvalue weighted by Gasteiger charge is -2.29. The first-order valence-electron chi connectivity index (χ1n) is 12.8. The van der Waals surface area contributed by atoms with Crippen LogP contribution in [0.4, 0.5) is 21.6 Å². The molecule has 2 fully saturated rings. The number of nitrogens with zero attached hydrogens (tertiary/aromatic N) is 7. The molecular weight excluding hydrogens is 550 g/mol. The molecule has 2 aliphatic rings. The van der Waals surface area contributed by atoms with Gasteiger partial charge in [0.05, 0.1) is 16.1 Å². The van der Waals surface area contributed by atoms with Gasteiger partial charge >= 0.3 is 6.03 Å². The fourth-order valence-corrected chi connectivity index (χ4v) is 7.78. The fourth-order valence-electron chi connectivity index (χ4n) is 5.89. The highest BCUT2D eigenvalue weighted by molar-refractivity contribution is 7.90. The minimum atomic E-state index is -3.85. The zero-order valence-electron chi connectivity index (χ0n) is 21.9. The average molecular weight is 578 g/mol. The van der Waals surface area contributed by atoms with E-state index in [4.69, 9.17) is 0 Å². The number of anilines is 3. The van der Waals surface area contributed by atoms with Crippen molar-refractivity contribution in [3.05, 3.63) is 54.4 Å². The van der Waals surface area contributed by atoms with Crippen molar-refractivity contribution in [3.8, 4) is 6.07 Å². The van der Waals surface area contributed by atoms with Gasteiger partial charge in [0.1, 0.15) is 6.07 Å². The summed E-state index contributed by atoms with van der Waals surface area (Å²) in [6.07, 6.45) is 4.65. The molecule has 6 rings (SSSR count). The highest BCUT2D eigenvalue weighted by Crippen LogP contribution is 2.43. The highest BCUT2D eigenvalue weighted by atomic mass is 32.2. The highest BCUT2D eigenvalue weighted by Gasteiger charge is 2.44. The average Bonchev–Trinajstić information content (AvgIpc) is 3.75. The molecule has 206 valence electrons. The lowest BCUT2D eigenvalue weighted by molar-refractivity contribution is 0.218. The summed E-state index contributed by atoms with van der Waals surface area (Å²) in [5.41, 5.74) is 1.34. The second kappa shape index (κ2) is 10.1. The van der Waals surface area contributed by atoms with E-state index in [9.17, 15) is 18.5 Å². The molecule has 2 N–H and O–H groups in total. The van der Waals surface area contributed by atoms with Crippen LogP contribution in [0.15, 0.2) is 53.7 Å². The zero-order valence-corrected chi connectivity index (χ0v) is 23.5. The van der Waals surface area contributed by atoms with Crippen LogP contribution in [0.25, 0.3) is 11.0 Å². The van der Waals surface area contributed by atoms with Crippen molar-refractivity contribution >= 4 is 55.4 Å². The summed E-state index contributed by atoms with van der Waals surface area (Å²) in [5.74, 6) is 1.12. The summed E-state index contributed by atoms with van der Waals surface area (Å²) in [6, 6.07) is 12.1. The number of urea groups is 1. The Hall–Kier alpha value is -4.22. The number of pyridine rings is 1. The van der Waals surface area contributed by atoms with Crippen molar-refractivity contribution < 1.29 is 13.2 Å².